The van der Waals surface area contributed by atoms with Gasteiger partial charge in [0.15, 0.2) is 5.16 Å². The van der Waals surface area contributed by atoms with Crippen LogP contribution >= 0.6 is 23.4 Å². The highest BCUT2D eigenvalue weighted by molar-refractivity contribution is 7.98. The molecule has 0 atom stereocenters. The summed E-state index contributed by atoms with van der Waals surface area (Å²) < 4.78 is 5.74. The van der Waals surface area contributed by atoms with Gasteiger partial charge >= 0.3 is 0 Å². The topological polar surface area (TPSA) is 67.6 Å². The molecule has 27 heavy (non-hydrogen) atoms. The molecule has 0 radical (unpaired) electrons. The van der Waals surface area contributed by atoms with Crippen molar-refractivity contribution in [2.75, 3.05) is 0 Å². The summed E-state index contributed by atoms with van der Waals surface area (Å²) >= 11 is 7.72. The van der Waals surface area contributed by atoms with E-state index in [9.17, 15) is 0 Å². The summed E-state index contributed by atoms with van der Waals surface area (Å²) in [5, 5.41) is 9.63. The molecule has 0 amide bonds. The lowest BCUT2D eigenvalue weighted by Crippen LogP contribution is -1.90. The maximum atomic E-state index is 6.18. The van der Waals surface area contributed by atoms with Gasteiger partial charge in [0, 0.05) is 12.1 Å². The van der Waals surface area contributed by atoms with Crippen LogP contribution in [-0.4, -0.2) is 20.2 Å². The summed E-state index contributed by atoms with van der Waals surface area (Å²) in [6.07, 6.45) is 0.806. The Morgan fingerprint density at radius 3 is 2.63 bits per heavy atom. The molecule has 4 aromatic rings. The van der Waals surface area contributed by atoms with Gasteiger partial charge in [0.2, 0.25) is 11.8 Å². The van der Waals surface area contributed by atoms with Crippen molar-refractivity contribution in [2.45, 2.75) is 24.3 Å². The molecule has 0 unspecified atom stereocenters. The van der Waals surface area contributed by atoms with E-state index >= 15 is 0 Å². The molecule has 136 valence electrons. The van der Waals surface area contributed by atoms with Gasteiger partial charge in [-0.2, -0.15) is 0 Å². The Morgan fingerprint density at radius 2 is 1.81 bits per heavy atom. The summed E-state index contributed by atoms with van der Waals surface area (Å²) in [6.45, 7) is 2.04. The Hall–Kier alpha value is -2.57. The molecule has 0 spiro atoms. The maximum absolute atomic E-state index is 6.18. The number of nitrogens with one attached hydrogen (secondary N) is 1. The zero-order chi connectivity index (χ0) is 18.6. The predicted molar refractivity (Wildman–Crippen MR) is 107 cm³/mol. The van der Waals surface area contributed by atoms with Crippen molar-refractivity contribution in [1.82, 2.24) is 20.2 Å². The van der Waals surface area contributed by atoms with E-state index < -0.39 is 0 Å². The summed E-state index contributed by atoms with van der Waals surface area (Å²) in [6, 6.07) is 17.7. The minimum Gasteiger partial charge on any atom is -0.420 e. The number of aromatic nitrogens is 4. The molecule has 0 aliphatic carbocycles. The van der Waals surface area contributed by atoms with Gasteiger partial charge in [-0.05, 0) is 24.6 Å². The lowest BCUT2D eigenvalue weighted by molar-refractivity contribution is 0.528. The van der Waals surface area contributed by atoms with Gasteiger partial charge in [-0.15, -0.1) is 10.2 Å². The van der Waals surface area contributed by atoms with Crippen molar-refractivity contribution in [3.8, 4) is 11.5 Å². The number of hydrogen-bond donors (Lipinski definition) is 1. The second-order valence-corrected chi connectivity index (χ2v) is 7.42. The van der Waals surface area contributed by atoms with Crippen LogP contribution in [0, 0.1) is 6.92 Å². The molecule has 0 saturated heterocycles. The van der Waals surface area contributed by atoms with E-state index in [0.29, 0.717) is 22.6 Å². The van der Waals surface area contributed by atoms with Crippen molar-refractivity contribution in [2.24, 2.45) is 0 Å². The third-order valence-electron chi connectivity index (χ3n) is 4.08. The van der Waals surface area contributed by atoms with E-state index in [4.69, 9.17) is 21.0 Å². The molecular weight excluding hydrogens is 380 g/mol. The monoisotopic (exact) mass is 396 g/mol. The number of rotatable bonds is 6. The number of aryl methyl sites for hydroxylation is 1. The van der Waals surface area contributed by atoms with Crippen LogP contribution in [0.3, 0.4) is 0 Å². The van der Waals surface area contributed by atoms with Gasteiger partial charge in [-0.3, -0.25) is 0 Å². The van der Waals surface area contributed by atoms with Gasteiger partial charge in [-0.25, -0.2) is 4.98 Å². The molecule has 0 bridgehead atoms. The molecule has 0 aliphatic heterocycles. The van der Waals surface area contributed by atoms with E-state index in [1.807, 2.05) is 43.3 Å². The SMILES string of the molecule is Cc1[nH]c(SCc2nnc(-c3ccccc3Cl)o2)nc1Cc1ccccc1. The van der Waals surface area contributed by atoms with E-state index in [0.717, 1.165) is 28.5 Å². The van der Waals surface area contributed by atoms with Gasteiger partial charge in [0.1, 0.15) is 0 Å². The highest BCUT2D eigenvalue weighted by Crippen LogP contribution is 2.28. The smallest absolute Gasteiger partial charge is 0.249 e. The second-order valence-electron chi connectivity index (χ2n) is 6.05. The number of nitrogens with zero attached hydrogens (tertiary/aromatic N) is 3. The normalized spacial score (nSPS) is 11.0. The number of hydrogen-bond acceptors (Lipinski definition) is 5. The van der Waals surface area contributed by atoms with Crippen LogP contribution in [0.5, 0.6) is 0 Å². The number of thioether (sulfide) groups is 1. The fraction of sp³-hybridized carbons (Fsp3) is 0.150. The molecule has 0 fully saturated rings. The van der Waals surface area contributed by atoms with Crippen LogP contribution in [-0.2, 0) is 12.2 Å². The van der Waals surface area contributed by atoms with Crippen molar-refractivity contribution >= 4 is 23.4 Å². The Morgan fingerprint density at radius 1 is 1.04 bits per heavy atom. The van der Waals surface area contributed by atoms with Gasteiger partial charge in [0.05, 0.1) is 22.0 Å². The highest BCUT2D eigenvalue weighted by atomic mass is 35.5. The average Bonchev–Trinajstić information content (AvgIpc) is 3.28. The number of benzene rings is 2. The zero-order valence-corrected chi connectivity index (χ0v) is 16.2. The Kier molecular flexibility index (Phi) is 5.27. The molecule has 0 saturated carbocycles. The Bertz CT molecular complexity index is 1050. The van der Waals surface area contributed by atoms with Gasteiger partial charge < -0.3 is 9.40 Å². The van der Waals surface area contributed by atoms with Crippen LogP contribution < -0.4 is 0 Å². The van der Waals surface area contributed by atoms with Crippen LogP contribution in [0.1, 0.15) is 22.8 Å². The van der Waals surface area contributed by atoms with Crippen molar-refractivity contribution in [1.29, 1.82) is 0 Å². The Labute approximate surface area is 166 Å². The first-order valence-corrected chi connectivity index (χ1v) is 9.85. The molecule has 7 heteroatoms. The number of H-pyrrole nitrogens is 1. The van der Waals surface area contributed by atoms with E-state index in [1.54, 1.807) is 6.07 Å². The fourth-order valence-electron chi connectivity index (χ4n) is 2.68. The molecule has 1 N–H and O–H groups in total. The molecule has 4 rings (SSSR count). The van der Waals surface area contributed by atoms with Crippen molar-refractivity contribution in [3.05, 3.63) is 82.5 Å². The summed E-state index contributed by atoms with van der Waals surface area (Å²) in [7, 11) is 0. The molecule has 2 aromatic carbocycles. The minimum absolute atomic E-state index is 0.427. The molecule has 2 heterocycles. The maximum Gasteiger partial charge on any atom is 0.249 e. The molecule has 0 aliphatic rings. The Balaban J connectivity index is 1.42. The van der Waals surface area contributed by atoms with Crippen LogP contribution in [0.15, 0.2) is 64.2 Å². The van der Waals surface area contributed by atoms with Gasteiger partial charge in [0.25, 0.3) is 0 Å². The molecular formula is C20H17ClN4OS. The molecule has 5 nitrogen and oxygen atoms in total. The third-order valence-corrected chi connectivity index (χ3v) is 5.27. The largest absolute Gasteiger partial charge is 0.420 e. The van der Waals surface area contributed by atoms with Crippen molar-refractivity contribution in [3.63, 3.8) is 0 Å². The first kappa shape index (κ1) is 17.8. The third kappa shape index (κ3) is 4.23. The number of halogens is 1. The number of imidazole rings is 1. The summed E-state index contributed by atoms with van der Waals surface area (Å²) in [5.41, 5.74) is 4.10. The highest BCUT2D eigenvalue weighted by Gasteiger charge is 2.13. The van der Waals surface area contributed by atoms with Crippen LogP contribution in [0.4, 0.5) is 0 Å². The van der Waals surface area contributed by atoms with Crippen LogP contribution in [0.25, 0.3) is 11.5 Å². The minimum atomic E-state index is 0.427. The first-order valence-electron chi connectivity index (χ1n) is 8.48. The van der Waals surface area contributed by atoms with E-state index in [-0.39, 0.29) is 0 Å². The summed E-state index contributed by atoms with van der Waals surface area (Å²) in [4.78, 5) is 8.02. The van der Waals surface area contributed by atoms with Gasteiger partial charge in [-0.1, -0.05) is 65.8 Å². The van der Waals surface area contributed by atoms with E-state index in [1.165, 1.54) is 17.3 Å². The first-order chi connectivity index (χ1) is 13.2. The summed E-state index contributed by atoms with van der Waals surface area (Å²) in [5.74, 6) is 1.50. The lowest BCUT2D eigenvalue weighted by Gasteiger charge is -1.98. The quantitative estimate of drug-likeness (QED) is 0.447. The average molecular weight is 397 g/mol. The van der Waals surface area contributed by atoms with Crippen molar-refractivity contribution < 1.29 is 4.42 Å². The molecule has 2 aromatic heterocycles. The lowest BCUT2D eigenvalue weighted by atomic mass is 10.1. The predicted octanol–water partition coefficient (Wildman–Crippen LogP) is 5.30. The standard InChI is InChI=1S/C20H17ClN4OS/c1-13-17(11-14-7-3-2-4-8-14)23-20(22-13)27-12-18-24-25-19(26-18)15-9-5-6-10-16(15)21/h2-10H,11-12H2,1H3,(H,22,23). The fourth-order valence-corrected chi connectivity index (χ4v) is 3.68. The van der Waals surface area contributed by atoms with E-state index in [2.05, 4.69) is 27.3 Å². The number of aromatic amines is 1. The second kappa shape index (κ2) is 7.98. The zero-order valence-electron chi connectivity index (χ0n) is 14.6. The van der Waals surface area contributed by atoms with Crippen LogP contribution in [0.2, 0.25) is 5.02 Å².